The molecule has 0 aliphatic carbocycles. The summed E-state index contributed by atoms with van der Waals surface area (Å²) in [6.45, 7) is 4.76. The Morgan fingerprint density at radius 3 is 1.97 bits per heavy atom. The van der Waals surface area contributed by atoms with E-state index in [1.807, 2.05) is 18.2 Å². The first-order chi connectivity index (χ1) is 15.2. The minimum absolute atomic E-state index is 0.217. The van der Waals surface area contributed by atoms with E-state index in [1.54, 1.807) is 36.7 Å². The molecule has 0 bridgehead atoms. The fraction of sp³-hybridized carbons (Fsp3) is 0.250. The highest BCUT2D eigenvalue weighted by atomic mass is 16.2. The number of carbonyl (C=O) groups excluding carboxylic acids is 2. The first kappa shape index (κ1) is 19.4. The maximum Gasteiger partial charge on any atom is 0.261 e. The predicted octanol–water partition coefficient (Wildman–Crippen LogP) is 2.60. The molecule has 2 aliphatic heterocycles. The lowest BCUT2D eigenvalue weighted by molar-refractivity contribution is 0.0642. The van der Waals surface area contributed by atoms with Gasteiger partial charge >= 0.3 is 0 Å². The zero-order valence-electron chi connectivity index (χ0n) is 17.1. The van der Waals surface area contributed by atoms with Crippen LogP contribution in [0.2, 0.25) is 0 Å². The lowest BCUT2D eigenvalue weighted by Crippen LogP contribution is -2.46. The van der Waals surface area contributed by atoms with Crippen LogP contribution in [0.25, 0.3) is 0 Å². The van der Waals surface area contributed by atoms with Crippen LogP contribution in [0.15, 0.2) is 67.0 Å². The number of benzene rings is 2. The summed E-state index contributed by atoms with van der Waals surface area (Å²) in [6, 6.07) is 17.0. The smallest absolute Gasteiger partial charge is 0.261 e. The van der Waals surface area contributed by atoms with Crippen molar-refractivity contribution in [3.8, 4) is 0 Å². The second-order valence-corrected chi connectivity index (χ2v) is 7.87. The molecular formula is C24H23N5O2. The molecule has 1 fully saturated rings. The van der Waals surface area contributed by atoms with Gasteiger partial charge in [-0.1, -0.05) is 36.4 Å². The molecule has 7 heteroatoms. The summed E-state index contributed by atoms with van der Waals surface area (Å²) in [6.07, 6.45) is 3.54. The van der Waals surface area contributed by atoms with Crippen molar-refractivity contribution in [1.29, 1.82) is 0 Å². The van der Waals surface area contributed by atoms with Gasteiger partial charge in [-0.25, -0.2) is 9.97 Å². The van der Waals surface area contributed by atoms with Crippen molar-refractivity contribution in [3.05, 3.63) is 89.2 Å². The number of piperazine rings is 1. The third kappa shape index (κ3) is 3.92. The van der Waals surface area contributed by atoms with E-state index in [1.165, 1.54) is 10.5 Å². The molecule has 3 aromatic rings. The molecule has 0 saturated carbocycles. The highest BCUT2D eigenvalue weighted by Crippen LogP contribution is 2.24. The van der Waals surface area contributed by atoms with E-state index in [0.717, 1.165) is 44.2 Å². The van der Waals surface area contributed by atoms with Crippen LogP contribution < -0.4 is 4.90 Å². The van der Waals surface area contributed by atoms with E-state index in [0.29, 0.717) is 17.7 Å². The summed E-state index contributed by atoms with van der Waals surface area (Å²) in [5.41, 5.74) is 3.12. The Balaban J connectivity index is 1.22. The molecule has 31 heavy (non-hydrogen) atoms. The van der Waals surface area contributed by atoms with Crippen LogP contribution >= 0.6 is 0 Å². The summed E-state index contributed by atoms with van der Waals surface area (Å²) in [4.78, 5) is 39.9. The van der Waals surface area contributed by atoms with Crippen molar-refractivity contribution in [3.63, 3.8) is 0 Å². The molecule has 0 atom stereocenters. The molecule has 2 aromatic carbocycles. The highest BCUT2D eigenvalue weighted by Gasteiger charge is 2.34. The van der Waals surface area contributed by atoms with Gasteiger partial charge < -0.3 is 4.90 Å². The first-order valence-electron chi connectivity index (χ1n) is 10.5. The summed E-state index contributed by atoms with van der Waals surface area (Å²) < 4.78 is 0. The van der Waals surface area contributed by atoms with Crippen molar-refractivity contribution in [2.24, 2.45) is 0 Å². The molecule has 0 radical (unpaired) electrons. The second kappa shape index (κ2) is 8.28. The predicted molar refractivity (Wildman–Crippen MR) is 117 cm³/mol. The summed E-state index contributed by atoms with van der Waals surface area (Å²) >= 11 is 0. The van der Waals surface area contributed by atoms with Gasteiger partial charge in [0.25, 0.3) is 11.8 Å². The molecule has 1 aromatic heterocycles. The number of carbonyl (C=O) groups is 2. The molecule has 1 saturated heterocycles. The number of anilines is 1. The summed E-state index contributed by atoms with van der Waals surface area (Å²) in [7, 11) is 0. The fourth-order valence-electron chi connectivity index (χ4n) is 4.21. The van der Waals surface area contributed by atoms with Crippen LogP contribution in [-0.2, 0) is 13.1 Å². The zero-order chi connectivity index (χ0) is 21.2. The van der Waals surface area contributed by atoms with Gasteiger partial charge in [-0.2, -0.15) is 0 Å². The van der Waals surface area contributed by atoms with E-state index in [9.17, 15) is 9.59 Å². The van der Waals surface area contributed by atoms with E-state index in [4.69, 9.17) is 0 Å². The minimum Gasteiger partial charge on any atom is -0.338 e. The van der Waals surface area contributed by atoms with Gasteiger partial charge in [-0.05, 0) is 29.3 Å². The quantitative estimate of drug-likeness (QED) is 0.599. The average Bonchev–Trinajstić information content (AvgIpc) is 3.05. The molecule has 7 nitrogen and oxygen atoms in total. The van der Waals surface area contributed by atoms with Gasteiger partial charge in [0.2, 0.25) is 5.95 Å². The largest absolute Gasteiger partial charge is 0.338 e. The van der Waals surface area contributed by atoms with Crippen molar-refractivity contribution >= 4 is 17.8 Å². The van der Waals surface area contributed by atoms with Crippen molar-refractivity contribution in [1.82, 2.24) is 19.8 Å². The Kier molecular flexibility index (Phi) is 5.18. The first-order valence-corrected chi connectivity index (χ1v) is 10.5. The Hall–Kier alpha value is -3.58. The van der Waals surface area contributed by atoms with E-state index in [-0.39, 0.29) is 11.8 Å². The molecule has 5 rings (SSSR count). The summed E-state index contributed by atoms with van der Waals surface area (Å²) in [5, 5.41) is 0. The maximum absolute atomic E-state index is 12.6. The van der Waals surface area contributed by atoms with Crippen LogP contribution in [0, 0.1) is 0 Å². The summed E-state index contributed by atoms with van der Waals surface area (Å²) in [5.74, 6) is 0.348. The van der Waals surface area contributed by atoms with Crippen molar-refractivity contribution in [2.45, 2.75) is 13.1 Å². The SMILES string of the molecule is O=C1c2ccccc2C(=O)N1Cc1cccc(CN2CCN(c3ncccn3)CC2)c1. The Bertz CT molecular complexity index is 1070. The Labute approximate surface area is 180 Å². The molecule has 0 spiro atoms. The topological polar surface area (TPSA) is 69.6 Å². The van der Waals surface area contributed by atoms with Crippen LogP contribution in [0.1, 0.15) is 31.8 Å². The second-order valence-electron chi connectivity index (χ2n) is 7.87. The monoisotopic (exact) mass is 413 g/mol. The molecule has 156 valence electrons. The number of aromatic nitrogens is 2. The standard InChI is InChI=1S/C24H23N5O2/c30-22-20-7-1-2-8-21(20)23(31)29(22)17-19-6-3-5-18(15-19)16-27-11-13-28(14-12-27)24-25-9-4-10-26-24/h1-10,15H,11-14,16-17H2. The molecule has 0 N–H and O–H groups in total. The van der Waals surface area contributed by atoms with E-state index < -0.39 is 0 Å². The maximum atomic E-state index is 12.6. The van der Waals surface area contributed by atoms with E-state index in [2.05, 4.69) is 31.9 Å². The minimum atomic E-state index is -0.217. The van der Waals surface area contributed by atoms with Gasteiger partial charge in [-0.3, -0.25) is 19.4 Å². The van der Waals surface area contributed by atoms with Gasteiger partial charge in [0.1, 0.15) is 0 Å². The number of hydrogen-bond acceptors (Lipinski definition) is 6. The Morgan fingerprint density at radius 2 is 1.32 bits per heavy atom. The van der Waals surface area contributed by atoms with Crippen LogP contribution in [0.5, 0.6) is 0 Å². The number of rotatable bonds is 5. The number of nitrogens with zero attached hydrogens (tertiary/aromatic N) is 5. The lowest BCUT2D eigenvalue weighted by Gasteiger charge is -2.34. The zero-order valence-corrected chi connectivity index (χ0v) is 17.1. The number of imide groups is 1. The molecular weight excluding hydrogens is 390 g/mol. The van der Waals surface area contributed by atoms with Gasteiger partial charge in [-0.15, -0.1) is 0 Å². The lowest BCUT2D eigenvalue weighted by atomic mass is 10.1. The van der Waals surface area contributed by atoms with Crippen LogP contribution in [0.3, 0.4) is 0 Å². The average molecular weight is 413 g/mol. The molecule has 0 unspecified atom stereocenters. The number of fused-ring (bicyclic) bond motifs is 1. The third-order valence-corrected chi connectivity index (χ3v) is 5.82. The normalized spacial score (nSPS) is 16.6. The number of amides is 2. The number of hydrogen-bond donors (Lipinski definition) is 0. The van der Waals surface area contributed by atoms with Crippen molar-refractivity contribution in [2.75, 3.05) is 31.1 Å². The van der Waals surface area contributed by atoms with Crippen LogP contribution in [0.4, 0.5) is 5.95 Å². The van der Waals surface area contributed by atoms with E-state index >= 15 is 0 Å². The molecule has 2 amide bonds. The van der Waals surface area contributed by atoms with Gasteiger partial charge in [0.05, 0.1) is 17.7 Å². The van der Waals surface area contributed by atoms with Gasteiger partial charge in [0.15, 0.2) is 0 Å². The van der Waals surface area contributed by atoms with Crippen molar-refractivity contribution < 1.29 is 9.59 Å². The third-order valence-electron chi connectivity index (χ3n) is 5.82. The molecule has 2 aliphatic rings. The van der Waals surface area contributed by atoms with Gasteiger partial charge in [0, 0.05) is 45.1 Å². The molecule has 3 heterocycles. The fourth-order valence-corrected chi connectivity index (χ4v) is 4.21. The highest BCUT2D eigenvalue weighted by molar-refractivity contribution is 6.21. The van der Waals surface area contributed by atoms with Crippen LogP contribution in [-0.4, -0.2) is 57.8 Å². The Morgan fingerprint density at radius 1 is 0.710 bits per heavy atom.